The zero-order chi connectivity index (χ0) is 15.9. The Bertz CT molecular complexity index is 492. The van der Waals surface area contributed by atoms with Gasteiger partial charge in [0.2, 0.25) is 5.91 Å². The Labute approximate surface area is 131 Å². The number of carboxylic acids is 1. The van der Waals surface area contributed by atoms with Crippen LogP contribution in [0.15, 0.2) is 30.3 Å². The second-order valence-electron chi connectivity index (χ2n) is 6.15. The fraction of sp³-hybridized carbons (Fsp3) is 0.556. The topological polar surface area (TPSA) is 66.4 Å². The number of hydrogen-bond acceptors (Lipinski definition) is 2. The van der Waals surface area contributed by atoms with Crippen LogP contribution >= 0.6 is 0 Å². The highest BCUT2D eigenvalue weighted by Crippen LogP contribution is 2.29. The Hall–Kier alpha value is -1.84. The highest BCUT2D eigenvalue weighted by molar-refractivity contribution is 5.79. The van der Waals surface area contributed by atoms with Gasteiger partial charge < -0.3 is 10.4 Å². The van der Waals surface area contributed by atoms with E-state index in [4.69, 9.17) is 5.11 Å². The molecule has 4 heteroatoms. The number of nitrogens with one attached hydrogen (secondary N) is 1. The molecule has 1 fully saturated rings. The van der Waals surface area contributed by atoms with Crippen LogP contribution in [0.2, 0.25) is 0 Å². The lowest BCUT2D eigenvalue weighted by Gasteiger charge is -2.26. The molecule has 2 rings (SSSR count). The summed E-state index contributed by atoms with van der Waals surface area (Å²) in [6.45, 7) is 2.78. The number of amides is 1. The molecule has 0 bridgehead atoms. The van der Waals surface area contributed by atoms with Gasteiger partial charge in [-0.05, 0) is 37.7 Å². The van der Waals surface area contributed by atoms with Crippen molar-refractivity contribution in [2.24, 2.45) is 11.8 Å². The SMILES string of the molecule is CCC(CNC(=O)C1CCC(C(=O)O)CC1)c1ccccc1. The van der Waals surface area contributed by atoms with Gasteiger partial charge in [0, 0.05) is 18.4 Å². The Kier molecular flexibility index (Phi) is 5.99. The molecule has 2 N–H and O–H groups in total. The average molecular weight is 303 g/mol. The van der Waals surface area contributed by atoms with Crippen molar-refractivity contribution in [2.45, 2.75) is 44.9 Å². The molecule has 1 aromatic rings. The van der Waals surface area contributed by atoms with Gasteiger partial charge in [-0.2, -0.15) is 0 Å². The summed E-state index contributed by atoms with van der Waals surface area (Å²) in [5.74, 6) is -0.603. The summed E-state index contributed by atoms with van der Waals surface area (Å²) in [5, 5.41) is 12.1. The van der Waals surface area contributed by atoms with Crippen molar-refractivity contribution in [3.8, 4) is 0 Å². The molecule has 0 saturated heterocycles. The Balaban J connectivity index is 1.81. The Morgan fingerprint density at radius 1 is 1.14 bits per heavy atom. The molecular formula is C18H25NO3. The molecular weight excluding hydrogens is 278 g/mol. The maximum Gasteiger partial charge on any atom is 0.306 e. The zero-order valence-corrected chi connectivity index (χ0v) is 13.1. The van der Waals surface area contributed by atoms with Crippen LogP contribution in [0.4, 0.5) is 0 Å². The molecule has 1 saturated carbocycles. The third-order valence-electron chi connectivity index (χ3n) is 4.73. The number of benzene rings is 1. The fourth-order valence-corrected chi connectivity index (χ4v) is 3.19. The standard InChI is InChI=1S/C18H25NO3/c1-2-13(14-6-4-3-5-7-14)12-19-17(20)15-8-10-16(11-9-15)18(21)22/h3-7,13,15-16H,2,8-12H2,1H3,(H,19,20)(H,21,22). The molecule has 0 aromatic heterocycles. The van der Waals surface area contributed by atoms with Crippen molar-refractivity contribution in [1.29, 1.82) is 0 Å². The van der Waals surface area contributed by atoms with E-state index in [-0.39, 0.29) is 17.7 Å². The molecule has 1 amide bonds. The van der Waals surface area contributed by atoms with Gasteiger partial charge in [-0.25, -0.2) is 0 Å². The Morgan fingerprint density at radius 2 is 1.73 bits per heavy atom. The summed E-state index contributed by atoms with van der Waals surface area (Å²) >= 11 is 0. The first-order valence-corrected chi connectivity index (χ1v) is 8.17. The predicted molar refractivity (Wildman–Crippen MR) is 85.6 cm³/mol. The lowest BCUT2D eigenvalue weighted by atomic mass is 9.81. The van der Waals surface area contributed by atoms with Gasteiger partial charge in [-0.3, -0.25) is 9.59 Å². The van der Waals surface area contributed by atoms with Crippen molar-refractivity contribution in [3.05, 3.63) is 35.9 Å². The Morgan fingerprint density at radius 3 is 2.27 bits per heavy atom. The third kappa shape index (κ3) is 4.33. The summed E-state index contributed by atoms with van der Waals surface area (Å²) in [4.78, 5) is 23.2. The van der Waals surface area contributed by atoms with Crippen molar-refractivity contribution < 1.29 is 14.7 Å². The van der Waals surface area contributed by atoms with Crippen molar-refractivity contribution in [3.63, 3.8) is 0 Å². The van der Waals surface area contributed by atoms with E-state index in [0.717, 1.165) is 6.42 Å². The van der Waals surface area contributed by atoms with Crippen LogP contribution in [0.1, 0.15) is 50.5 Å². The van der Waals surface area contributed by atoms with Gasteiger partial charge in [0.25, 0.3) is 0 Å². The van der Waals surface area contributed by atoms with E-state index in [9.17, 15) is 9.59 Å². The number of hydrogen-bond donors (Lipinski definition) is 2. The van der Waals surface area contributed by atoms with E-state index in [0.29, 0.717) is 38.1 Å². The first-order valence-electron chi connectivity index (χ1n) is 8.17. The molecule has 1 aliphatic carbocycles. The first-order chi connectivity index (χ1) is 10.6. The minimum Gasteiger partial charge on any atom is -0.481 e. The monoisotopic (exact) mass is 303 g/mol. The van der Waals surface area contributed by atoms with Crippen LogP contribution in [0.25, 0.3) is 0 Å². The van der Waals surface area contributed by atoms with E-state index < -0.39 is 5.97 Å². The maximum absolute atomic E-state index is 12.3. The van der Waals surface area contributed by atoms with E-state index in [1.165, 1.54) is 5.56 Å². The van der Waals surface area contributed by atoms with Gasteiger partial charge in [0.15, 0.2) is 0 Å². The average Bonchev–Trinajstić information content (AvgIpc) is 2.56. The van der Waals surface area contributed by atoms with Gasteiger partial charge in [0.1, 0.15) is 0 Å². The summed E-state index contributed by atoms with van der Waals surface area (Å²) in [6, 6.07) is 10.2. The fourth-order valence-electron chi connectivity index (χ4n) is 3.19. The van der Waals surface area contributed by atoms with Crippen LogP contribution < -0.4 is 5.32 Å². The van der Waals surface area contributed by atoms with Gasteiger partial charge in [-0.1, -0.05) is 37.3 Å². The highest BCUT2D eigenvalue weighted by Gasteiger charge is 2.29. The van der Waals surface area contributed by atoms with Crippen LogP contribution in [-0.2, 0) is 9.59 Å². The predicted octanol–water partition coefficient (Wildman–Crippen LogP) is 3.19. The molecule has 0 radical (unpaired) electrons. The smallest absolute Gasteiger partial charge is 0.306 e. The van der Waals surface area contributed by atoms with Crippen LogP contribution in [0.3, 0.4) is 0 Å². The molecule has 120 valence electrons. The second kappa shape index (κ2) is 7.97. The van der Waals surface area contributed by atoms with Crippen molar-refractivity contribution in [1.82, 2.24) is 5.32 Å². The normalized spacial score (nSPS) is 22.8. The van der Waals surface area contributed by atoms with Gasteiger partial charge >= 0.3 is 5.97 Å². The van der Waals surface area contributed by atoms with Crippen molar-refractivity contribution in [2.75, 3.05) is 6.54 Å². The van der Waals surface area contributed by atoms with Crippen LogP contribution in [0, 0.1) is 11.8 Å². The lowest BCUT2D eigenvalue weighted by molar-refractivity contribution is -0.144. The summed E-state index contributed by atoms with van der Waals surface area (Å²) in [7, 11) is 0. The minimum atomic E-state index is -0.728. The molecule has 1 unspecified atom stereocenters. The van der Waals surface area contributed by atoms with Crippen LogP contribution in [-0.4, -0.2) is 23.5 Å². The van der Waals surface area contributed by atoms with E-state index in [1.807, 2.05) is 18.2 Å². The van der Waals surface area contributed by atoms with Gasteiger partial charge in [-0.15, -0.1) is 0 Å². The number of carbonyl (C=O) groups is 2. The molecule has 4 nitrogen and oxygen atoms in total. The highest BCUT2D eigenvalue weighted by atomic mass is 16.4. The van der Waals surface area contributed by atoms with Crippen LogP contribution in [0.5, 0.6) is 0 Å². The number of carboxylic acid groups (broad SMARTS) is 1. The molecule has 1 atom stereocenters. The molecule has 22 heavy (non-hydrogen) atoms. The molecule has 1 aliphatic rings. The number of aliphatic carboxylic acids is 1. The largest absolute Gasteiger partial charge is 0.481 e. The summed E-state index contributed by atoms with van der Waals surface area (Å²) < 4.78 is 0. The molecule has 0 heterocycles. The molecule has 0 spiro atoms. The molecule has 1 aromatic carbocycles. The summed E-state index contributed by atoms with van der Waals surface area (Å²) in [6.07, 6.45) is 3.58. The zero-order valence-electron chi connectivity index (χ0n) is 13.1. The lowest BCUT2D eigenvalue weighted by Crippen LogP contribution is -2.36. The first kappa shape index (κ1) is 16.5. The van der Waals surface area contributed by atoms with E-state index >= 15 is 0 Å². The summed E-state index contributed by atoms with van der Waals surface area (Å²) in [5.41, 5.74) is 1.25. The van der Waals surface area contributed by atoms with Crippen molar-refractivity contribution >= 4 is 11.9 Å². The quantitative estimate of drug-likeness (QED) is 0.848. The second-order valence-corrected chi connectivity index (χ2v) is 6.15. The van der Waals surface area contributed by atoms with Gasteiger partial charge in [0.05, 0.1) is 5.92 Å². The number of rotatable bonds is 6. The third-order valence-corrected chi connectivity index (χ3v) is 4.73. The number of carbonyl (C=O) groups excluding carboxylic acids is 1. The van der Waals surface area contributed by atoms with E-state index in [1.54, 1.807) is 0 Å². The molecule has 0 aliphatic heterocycles. The van der Waals surface area contributed by atoms with E-state index in [2.05, 4.69) is 24.4 Å². The minimum absolute atomic E-state index is 0.0242. The maximum atomic E-state index is 12.3.